The Kier molecular flexibility index (Phi) is 6.66. The third-order valence-corrected chi connectivity index (χ3v) is 5.00. The number of benzene rings is 2. The highest BCUT2D eigenvalue weighted by Gasteiger charge is 2.17. The highest BCUT2D eigenvalue weighted by atomic mass is 79.9. The monoisotopic (exact) mass is 417 g/mol. The molecule has 0 bridgehead atoms. The number of amides is 1. The molecule has 5 nitrogen and oxygen atoms in total. The summed E-state index contributed by atoms with van der Waals surface area (Å²) in [4.78, 5) is 16.8. The first-order chi connectivity index (χ1) is 12.6. The van der Waals surface area contributed by atoms with Crippen molar-refractivity contribution >= 4 is 27.5 Å². The van der Waals surface area contributed by atoms with Crippen LogP contribution in [0.15, 0.2) is 53.0 Å². The Balaban J connectivity index is 1.47. The second-order valence-electron chi connectivity index (χ2n) is 6.34. The van der Waals surface area contributed by atoms with Crippen molar-refractivity contribution in [3.8, 4) is 11.5 Å². The molecule has 0 aliphatic carbocycles. The van der Waals surface area contributed by atoms with Gasteiger partial charge in [0.05, 0.1) is 6.54 Å². The average Bonchev–Trinajstić information content (AvgIpc) is 2.66. The fraction of sp³-hybridized carbons (Fsp3) is 0.350. The molecular weight excluding hydrogens is 394 g/mol. The van der Waals surface area contributed by atoms with E-state index in [0.29, 0.717) is 6.54 Å². The van der Waals surface area contributed by atoms with Crippen LogP contribution >= 0.6 is 15.9 Å². The zero-order valence-corrected chi connectivity index (χ0v) is 16.5. The fourth-order valence-corrected chi connectivity index (χ4v) is 3.18. The van der Waals surface area contributed by atoms with Gasteiger partial charge in [0.25, 0.3) is 0 Å². The molecule has 2 aromatic rings. The van der Waals surface area contributed by atoms with E-state index < -0.39 is 0 Å². The number of carbonyl (C=O) groups is 1. The van der Waals surface area contributed by atoms with E-state index in [9.17, 15) is 4.79 Å². The summed E-state index contributed by atoms with van der Waals surface area (Å²) in [5, 5.41) is 2.96. The van der Waals surface area contributed by atoms with E-state index in [1.54, 1.807) is 0 Å². The number of hydrogen-bond donors (Lipinski definition) is 1. The van der Waals surface area contributed by atoms with Crippen LogP contribution in [0.2, 0.25) is 0 Å². The summed E-state index contributed by atoms with van der Waals surface area (Å²) in [5.74, 6) is 1.54. The first-order valence-corrected chi connectivity index (χ1v) is 9.70. The van der Waals surface area contributed by atoms with Crippen LogP contribution in [0.4, 0.5) is 5.69 Å². The molecule has 1 amide bonds. The fourth-order valence-electron chi connectivity index (χ4n) is 2.91. The summed E-state index contributed by atoms with van der Waals surface area (Å²) in [7, 11) is 0. The predicted octanol–water partition coefficient (Wildman–Crippen LogP) is 3.82. The van der Waals surface area contributed by atoms with Crippen molar-refractivity contribution in [1.82, 2.24) is 9.80 Å². The van der Waals surface area contributed by atoms with E-state index in [2.05, 4.69) is 38.0 Å². The van der Waals surface area contributed by atoms with Crippen molar-refractivity contribution in [3.05, 3.63) is 53.0 Å². The average molecular weight is 418 g/mol. The molecule has 0 radical (unpaired) electrons. The van der Waals surface area contributed by atoms with Gasteiger partial charge in [-0.3, -0.25) is 9.69 Å². The quantitative estimate of drug-likeness (QED) is 0.775. The van der Waals surface area contributed by atoms with Crippen LogP contribution in [0.3, 0.4) is 0 Å². The number of hydrogen-bond acceptors (Lipinski definition) is 4. The first kappa shape index (κ1) is 18.9. The smallest absolute Gasteiger partial charge is 0.238 e. The number of piperazine rings is 1. The molecule has 1 aliphatic rings. The summed E-state index contributed by atoms with van der Waals surface area (Å²) in [6.45, 7) is 7.65. The van der Waals surface area contributed by atoms with Gasteiger partial charge in [0.15, 0.2) is 0 Å². The van der Waals surface area contributed by atoms with Gasteiger partial charge < -0.3 is 15.0 Å². The molecule has 138 valence electrons. The zero-order chi connectivity index (χ0) is 18.4. The maximum atomic E-state index is 12.2. The maximum Gasteiger partial charge on any atom is 0.238 e. The van der Waals surface area contributed by atoms with Gasteiger partial charge in [-0.15, -0.1) is 0 Å². The summed E-state index contributed by atoms with van der Waals surface area (Å²) < 4.78 is 6.80. The standard InChI is InChI=1S/C20H24BrN3O2/c1-2-23-11-13-24(14-12-23)15-20(25)22-17-5-9-19(10-6-17)26-18-7-3-16(21)4-8-18/h3-10H,2,11-15H2,1H3,(H,22,25). The van der Waals surface area contributed by atoms with Gasteiger partial charge in [-0.1, -0.05) is 22.9 Å². The van der Waals surface area contributed by atoms with Crippen molar-refractivity contribution in [3.63, 3.8) is 0 Å². The second-order valence-corrected chi connectivity index (χ2v) is 7.25. The van der Waals surface area contributed by atoms with Crippen molar-refractivity contribution < 1.29 is 9.53 Å². The van der Waals surface area contributed by atoms with Crippen molar-refractivity contribution in [2.75, 3.05) is 44.6 Å². The molecule has 0 unspecified atom stereocenters. The minimum atomic E-state index is 0.0246. The van der Waals surface area contributed by atoms with Gasteiger partial charge in [0.1, 0.15) is 11.5 Å². The minimum absolute atomic E-state index is 0.0246. The van der Waals surface area contributed by atoms with E-state index >= 15 is 0 Å². The number of nitrogens with one attached hydrogen (secondary N) is 1. The molecule has 1 fully saturated rings. The largest absolute Gasteiger partial charge is 0.457 e. The lowest BCUT2D eigenvalue weighted by molar-refractivity contribution is -0.117. The Labute approximate surface area is 163 Å². The molecule has 0 atom stereocenters. The van der Waals surface area contributed by atoms with Gasteiger partial charge >= 0.3 is 0 Å². The number of likely N-dealkylation sites (N-methyl/N-ethyl adjacent to an activating group) is 1. The Morgan fingerprint density at radius 3 is 2.08 bits per heavy atom. The molecule has 2 aromatic carbocycles. The van der Waals surface area contributed by atoms with Crippen molar-refractivity contribution in [2.45, 2.75) is 6.92 Å². The van der Waals surface area contributed by atoms with E-state index in [1.807, 2.05) is 48.5 Å². The number of rotatable bonds is 6. The topological polar surface area (TPSA) is 44.8 Å². The summed E-state index contributed by atoms with van der Waals surface area (Å²) in [5.41, 5.74) is 0.783. The predicted molar refractivity (Wildman–Crippen MR) is 108 cm³/mol. The van der Waals surface area contributed by atoms with Gasteiger partial charge in [-0.2, -0.15) is 0 Å². The number of nitrogens with zero attached hydrogens (tertiary/aromatic N) is 2. The Bertz CT molecular complexity index is 711. The lowest BCUT2D eigenvalue weighted by atomic mass is 10.3. The van der Waals surface area contributed by atoms with E-state index in [1.165, 1.54) is 0 Å². The minimum Gasteiger partial charge on any atom is -0.457 e. The number of ether oxygens (including phenoxy) is 1. The zero-order valence-electron chi connectivity index (χ0n) is 15.0. The first-order valence-electron chi connectivity index (χ1n) is 8.90. The highest BCUT2D eigenvalue weighted by molar-refractivity contribution is 9.10. The SMILES string of the molecule is CCN1CCN(CC(=O)Nc2ccc(Oc3ccc(Br)cc3)cc2)CC1. The molecule has 26 heavy (non-hydrogen) atoms. The van der Waals surface area contributed by atoms with Gasteiger partial charge in [-0.25, -0.2) is 0 Å². The molecule has 1 N–H and O–H groups in total. The van der Waals surface area contributed by atoms with Gasteiger partial charge in [0, 0.05) is 36.3 Å². The van der Waals surface area contributed by atoms with Crippen LogP contribution in [-0.2, 0) is 4.79 Å². The van der Waals surface area contributed by atoms with E-state index in [-0.39, 0.29) is 5.91 Å². The summed E-state index contributed by atoms with van der Waals surface area (Å²) in [6, 6.07) is 15.1. The van der Waals surface area contributed by atoms with Crippen molar-refractivity contribution in [2.24, 2.45) is 0 Å². The van der Waals surface area contributed by atoms with Crippen molar-refractivity contribution in [1.29, 1.82) is 0 Å². The van der Waals surface area contributed by atoms with E-state index in [4.69, 9.17) is 4.74 Å². The number of anilines is 1. The summed E-state index contributed by atoms with van der Waals surface area (Å²) in [6.07, 6.45) is 0. The second kappa shape index (κ2) is 9.16. The molecule has 1 heterocycles. The molecule has 1 saturated heterocycles. The molecule has 1 aliphatic heterocycles. The molecular formula is C20H24BrN3O2. The van der Waals surface area contributed by atoms with Crippen LogP contribution < -0.4 is 10.1 Å². The third-order valence-electron chi connectivity index (χ3n) is 4.47. The Morgan fingerprint density at radius 1 is 0.962 bits per heavy atom. The lowest BCUT2D eigenvalue weighted by Crippen LogP contribution is -2.48. The van der Waals surface area contributed by atoms with Crippen LogP contribution in [0.5, 0.6) is 11.5 Å². The van der Waals surface area contributed by atoms with Crippen LogP contribution in [0.25, 0.3) is 0 Å². The maximum absolute atomic E-state index is 12.2. The number of carbonyl (C=O) groups excluding carboxylic acids is 1. The van der Waals surface area contributed by atoms with Crippen LogP contribution in [0.1, 0.15) is 6.92 Å². The number of halogens is 1. The highest BCUT2D eigenvalue weighted by Crippen LogP contribution is 2.24. The Morgan fingerprint density at radius 2 is 1.50 bits per heavy atom. The van der Waals surface area contributed by atoms with Crippen LogP contribution in [0, 0.1) is 0 Å². The summed E-state index contributed by atoms with van der Waals surface area (Å²) >= 11 is 3.40. The lowest BCUT2D eigenvalue weighted by Gasteiger charge is -2.33. The van der Waals surface area contributed by atoms with E-state index in [0.717, 1.165) is 54.4 Å². The third kappa shape index (κ3) is 5.56. The molecule has 0 saturated carbocycles. The van der Waals surface area contributed by atoms with Gasteiger partial charge in [0.2, 0.25) is 5.91 Å². The molecule has 3 rings (SSSR count). The van der Waals surface area contributed by atoms with Gasteiger partial charge in [-0.05, 0) is 55.1 Å². The molecule has 6 heteroatoms. The molecule has 0 spiro atoms. The van der Waals surface area contributed by atoms with Crippen LogP contribution in [-0.4, -0.2) is 55.0 Å². The molecule has 0 aromatic heterocycles. The Hall–Kier alpha value is -1.89. The normalized spacial score (nSPS) is 15.6.